The van der Waals surface area contributed by atoms with Crippen LogP contribution in [0.5, 0.6) is 0 Å². The Morgan fingerprint density at radius 2 is 1.54 bits per heavy atom. The molecule has 0 saturated carbocycles. The highest BCUT2D eigenvalue weighted by atomic mass is 32.1. The Morgan fingerprint density at radius 3 is 2.29 bits per heavy atom. The number of allylic oxidation sites excluding steroid dienone is 2. The number of fused-ring (bicyclic) bond motifs is 14. The highest BCUT2D eigenvalue weighted by Gasteiger charge is 2.36. The summed E-state index contributed by atoms with van der Waals surface area (Å²) in [5.74, 6) is -3.93. The molecule has 6 amide bonds. The molecule has 1 unspecified atom stereocenters. The number of hydrogen-bond donors (Lipinski definition) is 8. The largest absolute Gasteiger partial charge is 0.481 e. The summed E-state index contributed by atoms with van der Waals surface area (Å²) in [7, 11) is 4.78. The van der Waals surface area contributed by atoms with Gasteiger partial charge in [-0.3, -0.25) is 34.1 Å². The molecule has 0 aliphatic carbocycles. The van der Waals surface area contributed by atoms with E-state index < -0.39 is 78.4 Å². The number of aliphatic hydroxyl groups excluding tert-OH is 1. The molecule has 5 atom stereocenters. The number of aromatic nitrogens is 6. The van der Waals surface area contributed by atoms with Crippen LogP contribution in [0, 0.1) is 12.8 Å². The maximum Gasteiger partial charge on any atom is 0.412 e. The molecule has 8 heterocycles. The molecule has 6 aromatic heterocycles. The third-order valence-corrected chi connectivity index (χ3v) is 18.7. The highest BCUT2D eigenvalue weighted by molar-refractivity contribution is 7.14. The molecular weight excluding hydrogens is 1190 g/mol. The summed E-state index contributed by atoms with van der Waals surface area (Å²) in [5.41, 5.74) is 2.89. The zero-order chi connectivity index (χ0) is 59.1. The normalized spacial score (nSPS) is 18.2. The third-order valence-electron chi connectivity index (χ3n) is 12.9. The zero-order valence-electron chi connectivity index (χ0n) is 45.2. The van der Waals surface area contributed by atoms with Crippen molar-refractivity contribution < 1.29 is 53.2 Å². The summed E-state index contributed by atoms with van der Waals surface area (Å²) in [5, 5.41) is 47.0. The second-order valence-electron chi connectivity index (χ2n) is 19.1. The fourth-order valence-corrected chi connectivity index (χ4v) is 14.4. The van der Waals surface area contributed by atoms with E-state index in [0.29, 0.717) is 68.0 Å². The molecule has 7 aromatic rings. The van der Waals surface area contributed by atoms with Crippen molar-refractivity contribution in [3.8, 4) is 10.7 Å². The average Bonchev–Trinajstić information content (AvgIpc) is 4.51. The molecule has 30 heteroatoms. The first-order valence-corrected chi connectivity index (χ1v) is 30.8. The standard InChI is InChI=1S/C53H55N13O11S6/c1-24(2)38-52-65-40(33(83-52)19-76-6)45(73)55-18-36(68)62-41(43(71)26-11-8-7-9-12-26)51-59-31(22-80-51)48-57-29(20-79-48)42-27(14-15-32(66(42)5)50-60-34(23-81-50)61-53(75)77-16-10-13-37(69)70)47-58-30(21-78-47)44(72)56-28(17-35(67)54-4)49-64-39(25(3)82-49)46(74)63-38/h7-9,11-12,14-15,20-24,28,38,41-43,71H,10,13,16-19H2,1-6H3,(H,54,67)(H,55,73)(H,56,72)(H,61,75)(H,62,68)(H,63,74)(H,69,70)/t28-,38-,41-,42?,43-/m0/s1. The van der Waals surface area contributed by atoms with Crippen LogP contribution in [0.3, 0.4) is 0 Å². The summed E-state index contributed by atoms with van der Waals surface area (Å²) >= 11 is 7.27. The topological polar surface area (TPSA) is 331 Å². The third kappa shape index (κ3) is 14.0. The van der Waals surface area contributed by atoms with Gasteiger partial charge in [0.1, 0.15) is 76.8 Å². The van der Waals surface area contributed by atoms with Crippen molar-refractivity contribution in [3.63, 3.8) is 0 Å². The summed E-state index contributed by atoms with van der Waals surface area (Å²) in [6, 6.07) is 5.31. The molecule has 2 aliphatic heterocycles. The number of carbonyl (C=O) groups is 7. The van der Waals surface area contributed by atoms with E-state index in [0.717, 1.165) is 11.3 Å². The lowest BCUT2D eigenvalue weighted by Gasteiger charge is -2.34. The summed E-state index contributed by atoms with van der Waals surface area (Å²) in [6.07, 6.45) is 1.37. The number of carboxylic acid groups (broad SMARTS) is 1. The van der Waals surface area contributed by atoms with Gasteiger partial charge < -0.3 is 51.2 Å². The number of aliphatic carboxylic acids is 1. The van der Waals surface area contributed by atoms with Crippen LogP contribution in [0.25, 0.3) is 22.0 Å². The number of carbonyl (C=O) groups excluding carboxylic acids is 6. The van der Waals surface area contributed by atoms with Crippen LogP contribution in [0.1, 0.15) is 141 Å². The number of rotatable bonds is 13. The summed E-state index contributed by atoms with van der Waals surface area (Å²) in [4.78, 5) is 125. The Balaban J connectivity index is 1.10. The van der Waals surface area contributed by atoms with Gasteiger partial charge in [-0.15, -0.1) is 68.0 Å². The molecule has 9 rings (SSSR count). The number of amides is 6. The van der Waals surface area contributed by atoms with Gasteiger partial charge in [-0.2, -0.15) is 0 Å². The minimum Gasteiger partial charge on any atom is -0.481 e. The maximum atomic E-state index is 14.3. The predicted molar refractivity (Wildman–Crippen MR) is 314 cm³/mol. The van der Waals surface area contributed by atoms with E-state index in [1.807, 2.05) is 43.3 Å². The van der Waals surface area contributed by atoms with Crippen LogP contribution in [0.2, 0.25) is 0 Å². The lowest BCUT2D eigenvalue weighted by molar-refractivity contribution is -0.137. The van der Waals surface area contributed by atoms with Crippen LogP contribution < -0.4 is 31.9 Å². The van der Waals surface area contributed by atoms with Crippen LogP contribution in [0.4, 0.5) is 10.6 Å². The van der Waals surface area contributed by atoms with Crippen molar-refractivity contribution in [2.75, 3.05) is 39.7 Å². The molecule has 0 fully saturated rings. The van der Waals surface area contributed by atoms with E-state index in [1.165, 1.54) is 70.8 Å². The van der Waals surface area contributed by atoms with Gasteiger partial charge in [0.05, 0.1) is 54.5 Å². The average molecular weight is 1240 g/mol. The van der Waals surface area contributed by atoms with Crippen molar-refractivity contribution in [1.29, 1.82) is 0 Å². The van der Waals surface area contributed by atoms with Crippen molar-refractivity contribution in [2.45, 2.75) is 76.9 Å². The van der Waals surface area contributed by atoms with Crippen LogP contribution in [-0.4, -0.2) is 121 Å². The molecule has 434 valence electrons. The Labute approximate surface area is 498 Å². The van der Waals surface area contributed by atoms with Gasteiger partial charge in [-0.25, -0.2) is 34.7 Å². The maximum absolute atomic E-state index is 14.3. The van der Waals surface area contributed by atoms with E-state index >= 15 is 0 Å². The monoisotopic (exact) mass is 1240 g/mol. The Morgan fingerprint density at radius 1 is 0.795 bits per heavy atom. The van der Waals surface area contributed by atoms with Gasteiger partial charge in [0.15, 0.2) is 0 Å². The van der Waals surface area contributed by atoms with E-state index in [2.05, 4.69) is 36.9 Å². The number of likely N-dealkylation sites (N-methyl/N-ethyl adjacent to an activating group) is 1. The van der Waals surface area contributed by atoms with E-state index in [1.54, 1.807) is 53.4 Å². The number of benzene rings is 1. The first kappa shape index (κ1) is 59.9. The number of carboxylic acids is 1. The summed E-state index contributed by atoms with van der Waals surface area (Å²) in [6.45, 7) is 4.86. The second-order valence-corrected chi connectivity index (χ2v) is 24.9. The second kappa shape index (κ2) is 26.7. The van der Waals surface area contributed by atoms with Crippen LogP contribution in [-0.2, 0) is 30.5 Å². The molecule has 2 aliphatic rings. The van der Waals surface area contributed by atoms with Gasteiger partial charge in [-0.1, -0.05) is 50.3 Å². The van der Waals surface area contributed by atoms with Gasteiger partial charge in [0.25, 0.3) is 17.7 Å². The Bertz CT molecular complexity index is 3620. The van der Waals surface area contributed by atoms with Crippen molar-refractivity contribution in [2.24, 2.45) is 5.92 Å². The number of thiazole rings is 6. The number of aryl methyl sites for hydroxylation is 1. The van der Waals surface area contributed by atoms with Crippen molar-refractivity contribution >= 4 is 127 Å². The molecule has 1 aromatic carbocycles. The number of nitrogens with one attached hydrogen (secondary N) is 6. The van der Waals surface area contributed by atoms with Gasteiger partial charge in [0.2, 0.25) is 11.8 Å². The molecule has 83 heavy (non-hydrogen) atoms. The molecule has 8 N–H and O–H groups in total. The Kier molecular flexibility index (Phi) is 19.3. The Hall–Kier alpha value is -7.71. The van der Waals surface area contributed by atoms with Crippen LogP contribution >= 0.6 is 68.0 Å². The van der Waals surface area contributed by atoms with E-state index in [4.69, 9.17) is 39.5 Å². The molecule has 24 nitrogen and oxygen atoms in total. The fourth-order valence-electron chi connectivity index (χ4n) is 8.76. The number of hydrogen-bond acceptors (Lipinski definition) is 23. The first-order valence-electron chi connectivity index (χ1n) is 25.6. The van der Waals surface area contributed by atoms with E-state index in [9.17, 15) is 38.7 Å². The molecule has 0 spiro atoms. The lowest BCUT2D eigenvalue weighted by atomic mass is 9.98. The number of ether oxygens (including phenoxy) is 2. The first-order chi connectivity index (χ1) is 39.9. The van der Waals surface area contributed by atoms with Gasteiger partial charge >= 0.3 is 12.1 Å². The van der Waals surface area contributed by atoms with E-state index in [-0.39, 0.29) is 61.3 Å². The SMILES string of the molecule is CNC(=O)C[C@@H]1NC(=O)c2csc(n2)C2=CC=C(c3nc(NC(=O)OCCCC(=O)O)cs3)N(C)C2c2csc(n2)-c2csc(n2)[C@H]([C@@H](O)c2ccccc2)NC(=O)CNC(=O)c2nc(sc2COC)[C@H](C(C)C)NC(=O)c2nc1sc2C. The van der Waals surface area contributed by atoms with Crippen LogP contribution in [0.15, 0.2) is 64.0 Å². The number of methoxy groups -OCH3 is 1. The fraction of sp³-hybridized carbons (Fsp3) is 0.340. The minimum atomic E-state index is -1.28. The van der Waals surface area contributed by atoms with Crippen molar-refractivity contribution in [1.82, 2.24) is 61.4 Å². The zero-order valence-corrected chi connectivity index (χ0v) is 50.1. The predicted octanol–water partition coefficient (Wildman–Crippen LogP) is 7.44. The lowest BCUT2D eigenvalue weighted by Crippen LogP contribution is -2.40. The smallest absolute Gasteiger partial charge is 0.412 e. The quantitative estimate of drug-likeness (QED) is 0.0520. The molecular formula is C53H55N13O11S6. The van der Waals surface area contributed by atoms with Gasteiger partial charge in [-0.05, 0) is 30.9 Å². The van der Waals surface area contributed by atoms with Gasteiger partial charge in [0, 0.05) is 59.6 Å². The number of nitrogens with zero attached hydrogens (tertiary/aromatic N) is 7. The number of aliphatic hydroxyl groups is 1. The van der Waals surface area contributed by atoms with Crippen molar-refractivity contribution in [3.05, 3.63) is 127 Å². The molecule has 0 saturated heterocycles. The summed E-state index contributed by atoms with van der Waals surface area (Å²) < 4.78 is 10.6. The number of anilines is 1. The molecule has 0 radical (unpaired) electrons. The minimum absolute atomic E-state index is 0.000122. The highest BCUT2D eigenvalue weighted by Crippen LogP contribution is 2.45. The molecule has 10 bridgehead atoms.